The van der Waals surface area contributed by atoms with Crippen molar-refractivity contribution in [3.63, 3.8) is 0 Å². The summed E-state index contributed by atoms with van der Waals surface area (Å²) >= 11 is 0. The van der Waals surface area contributed by atoms with Crippen molar-refractivity contribution < 1.29 is 14.3 Å². The van der Waals surface area contributed by atoms with Gasteiger partial charge in [-0.25, -0.2) is 4.79 Å². The fraction of sp³-hybridized carbons (Fsp3) is 0.438. The predicted molar refractivity (Wildman–Crippen MR) is 85.3 cm³/mol. The number of aromatic nitrogens is 1. The molecule has 6 nitrogen and oxygen atoms in total. The first-order valence-corrected chi connectivity index (χ1v) is 7.05. The second kappa shape index (κ2) is 7.59. The van der Waals surface area contributed by atoms with Crippen LogP contribution in [0.4, 0.5) is 4.79 Å². The van der Waals surface area contributed by atoms with Crippen molar-refractivity contribution in [2.45, 2.75) is 32.8 Å². The summed E-state index contributed by atoms with van der Waals surface area (Å²) in [6, 6.07) is 3.34. The molecule has 1 heterocycles. The highest BCUT2D eigenvalue weighted by atomic mass is 16.6. The zero-order valence-electron chi connectivity index (χ0n) is 13.5. The van der Waals surface area contributed by atoms with Gasteiger partial charge in [0, 0.05) is 19.8 Å². The lowest BCUT2D eigenvalue weighted by Crippen LogP contribution is -2.34. The van der Waals surface area contributed by atoms with Crippen LogP contribution in [0.15, 0.2) is 24.4 Å². The Morgan fingerprint density at radius 1 is 1.36 bits per heavy atom. The molecule has 120 valence electrons. The molecule has 0 fully saturated rings. The van der Waals surface area contributed by atoms with Crippen molar-refractivity contribution in [2.75, 3.05) is 13.6 Å². The highest BCUT2D eigenvalue weighted by Gasteiger charge is 2.18. The Kier molecular flexibility index (Phi) is 6.10. The summed E-state index contributed by atoms with van der Waals surface area (Å²) in [5.41, 5.74) is 5.76. The molecular weight excluding hydrogens is 282 g/mol. The van der Waals surface area contributed by atoms with Gasteiger partial charge in [-0.3, -0.25) is 9.78 Å². The first-order valence-electron chi connectivity index (χ1n) is 7.05. The molecule has 1 aromatic heterocycles. The number of ether oxygens (including phenoxy) is 1. The van der Waals surface area contributed by atoms with E-state index in [0.717, 1.165) is 5.69 Å². The van der Waals surface area contributed by atoms with Crippen molar-refractivity contribution in [1.29, 1.82) is 0 Å². The van der Waals surface area contributed by atoms with Crippen LogP contribution >= 0.6 is 0 Å². The average molecular weight is 305 g/mol. The van der Waals surface area contributed by atoms with E-state index in [1.54, 1.807) is 19.2 Å². The number of rotatable bonds is 5. The SMILES string of the molecule is CN(CCC=Cc1ccc(C(N)=O)cn1)C(=O)OC(C)(C)C. The van der Waals surface area contributed by atoms with Gasteiger partial charge in [0.25, 0.3) is 0 Å². The number of hydrogen-bond acceptors (Lipinski definition) is 4. The summed E-state index contributed by atoms with van der Waals surface area (Å²) in [7, 11) is 1.70. The summed E-state index contributed by atoms with van der Waals surface area (Å²) in [5.74, 6) is -0.498. The molecule has 0 saturated carbocycles. The van der Waals surface area contributed by atoms with Gasteiger partial charge in [-0.15, -0.1) is 0 Å². The molecule has 0 aliphatic heterocycles. The van der Waals surface area contributed by atoms with Gasteiger partial charge in [-0.1, -0.05) is 6.08 Å². The summed E-state index contributed by atoms with van der Waals surface area (Å²) in [6.07, 6.45) is 5.51. The number of nitrogens with zero attached hydrogens (tertiary/aromatic N) is 2. The van der Waals surface area contributed by atoms with Gasteiger partial charge in [0.1, 0.15) is 5.60 Å². The van der Waals surface area contributed by atoms with Gasteiger partial charge in [0.15, 0.2) is 0 Å². The maximum Gasteiger partial charge on any atom is 0.410 e. The zero-order valence-corrected chi connectivity index (χ0v) is 13.5. The maximum absolute atomic E-state index is 11.7. The maximum atomic E-state index is 11.7. The van der Waals surface area contributed by atoms with Crippen LogP contribution in [0.1, 0.15) is 43.2 Å². The van der Waals surface area contributed by atoms with E-state index < -0.39 is 11.5 Å². The zero-order chi connectivity index (χ0) is 16.8. The van der Waals surface area contributed by atoms with E-state index in [9.17, 15) is 9.59 Å². The average Bonchev–Trinajstić information content (AvgIpc) is 2.42. The van der Waals surface area contributed by atoms with Crippen LogP contribution in [0.5, 0.6) is 0 Å². The Morgan fingerprint density at radius 3 is 2.55 bits per heavy atom. The molecule has 6 heteroatoms. The third-order valence-electron chi connectivity index (χ3n) is 2.70. The second-order valence-electron chi connectivity index (χ2n) is 5.93. The van der Waals surface area contributed by atoms with Gasteiger partial charge < -0.3 is 15.4 Å². The Labute approximate surface area is 131 Å². The lowest BCUT2D eigenvalue weighted by atomic mass is 10.2. The molecule has 22 heavy (non-hydrogen) atoms. The van der Waals surface area contributed by atoms with Crippen LogP contribution in [0.2, 0.25) is 0 Å². The van der Waals surface area contributed by atoms with Crippen molar-refractivity contribution in [3.8, 4) is 0 Å². The molecule has 0 aliphatic carbocycles. The van der Waals surface area contributed by atoms with E-state index in [2.05, 4.69) is 4.98 Å². The highest BCUT2D eigenvalue weighted by molar-refractivity contribution is 5.92. The quantitative estimate of drug-likeness (QED) is 0.905. The van der Waals surface area contributed by atoms with Gasteiger partial charge in [0.2, 0.25) is 5.91 Å². The minimum Gasteiger partial charge on any atom is -0.444 e. The molecule has 1 rings (SSSR count). The molecule has 0 atom stereocenters. The standard InChI is InChI=1S/C16H23N3O3/c1-16(2,3)22-15(21)19(4)10-6-5-7-13-9-8-12(11-18-13)14(17)20/h5,7-9,11H,6,10H2,1-4H3,(H2,17,20). The topological polar surface area (TPSA) is 85.5 Å². The van der Waals surface area contributed by atoms with E-state index in [1.165, 1.54) is 11.1 Å². The molecule has 0 bridgehead atoms. The Morgan fingerprint density at radius 2 is 2.05 bits per heavy atom. The van der Waals surface area contributed by atoms with E-state index in [1.807, 2.05) is 32.9 Å². The fourth-order valence-electron chi connectivity index (χ4n) is 1.55. The minimum atomic E-state index is -0.498. The van der Waals surface area contributed by atoms with Crippen molar-refractivity contribution in [1.82, 2.24) is 9.88 Å². The molecule has 2 N–H and O–H groups in total. The summed E-state index contributed by atoms with van der Waals surface area (Å²) in [6.45, 7) is 6.05. The first kappa shape index (κ1) is 17.7. The normalized spacial score (nSPS) is 11.5. The highest BCUT2D eigenvalue weighted by Crippen LogP contribution is 2.09. The molecule has 0 unspecified atom stereocenters. The van der Waals surface area contributed by atoms with E-state index in [0.29, 0.717) is 18.5 Å². The van der Waals surface area contributed by atoms with E-state index >= 15 is 0 Å². The number of amides is 2. The summed E-state index contributed by atoms with van der Waals surface area (Å²) in [5, 5.41) is 0. The van der Waals surface area contributed by atoms with Gasteiger partial charge in [-0.05, 0) is 45.4 Å². The molecule has 0 radical (unpaired) electrons. The van der Waals surface area contributed by atoms with Crippen LogP contribution in [0.25, 0.3) is 6.08 Å². The largest absolute Gasteiger partial charge is 0.444 e. The number of carbonyl (C=O) groups is 2. The van der Waals surface area contributed by atoms with Gasteiger partial charge in [0.05, 0.1) is 11.3 Å². The number of pyridine rings is 1. The molecule has 2 amide bonds. The number of nitrogens with two attached hydrogens (primary N) is 1. The number of primary amides is 1. The van der Waals surface area contributed by atoms with Crippen LogP contribution in [-0.2, 0) is 4.74 Å². The first-order chi connectivity index (χ1) is 10.2. The fourth-order valence-corrected chi connectivity index (χ4v) is 1.55. The van der Waals surface area contributed by atoms with Crippen molar-refractivity contribution >= 4 is 18.1 Å². The van der Waals surface area contributed by atoms with Crippen LogP contribution in [-0.4, -0.2) is 41.1 Å². The molecule has 0 saturated heterocycles. The Balaban J connectivity index is 2.43. The van der Waals surface area contributed by atoms with E-state index in [4.69, 9.17) is 10.5 Å². The lowest BCUT2D eigenvalue weighted by Gasteiger charge is -2.24. The predicted octanol–water partition coefficient (Wildman–Crippen LogP) is 2.45. The van der Waals surface area contributed by atoms with Gasteiger partial charge in [-0.2, -0.15) is 0 Å². The molecule has 0 spiro atoms. The van der Waals surface area contributed by atoms with E-state index in [-0.39, 0.29) is 6.09 Å². The molecule has 0 aliphatic rings. The smallest absolute Gasteiger partial charge is 0.410 e. The summed E-state index contributed by atoms with van der Waals surface area (Å²) < 4.78 is 5.26. The molecule has 0 aromatic carbocycles. The molecule has 1 aromatic rings. The Bertz CT molecular complexity index is 545. The molecular formula is C16H23N3O3. The van der Waals surface area contributed by atoms with Gasteiger partial charge >= 0.3 is 6.09 Å². The third kappa shape index (κ3) is 6.39. The van der Waals surface area contributed by atoms with Crippen LogP contribution < -0.4 is 5.73 Å². The number of carbonyl (C=O) groups excluding carboxylic acids is 2. The monoisotopic (exact) mass is 305 g/mol. The van der Waals surface area contributed by atoms with Crippen LogP contribution in [0.3, 0.4) is 0 Å². The lowest BCUT2D eigenvalue weighted by molar-refractivity contribution is 0.0301. The minimum absolute atomic E-state index is 0.343. The van der Waals surface area contributed by atoms with Crippen LogP contribution in [0, 0.1) is 0 Å². The second-order valence-corrected chi connectivity index (χ2v) is 5.93. The Hall–Kier alpha value is -2.37. The van der Waals surface area contributed by atoms with Crippen molar-refractivity contribution in [2.24, 2.45) is 5.73 Å². The number of hydrogen-bond donors (Lipinski definition) is 1. The summed E-state index contributed by atoms with van der Waals surface area (Å²) in [4.78, 5) is 28.3. The van der Waals surface area contributed by atoms with Crippen molar-refractivity contribution in [3.05, 3.63) is 35.7 Å². The third-order valence-corrected chi connectivity index (χ3v) is 2.70.